The van der Waals surface area contributed by atoms with E-state index < -0.39 is 0 Å². The van der Waals surface area contributed by atoms with Gasteiger partial charge >= 0.3 is 0 Å². The van der Waals surface area contributed by atoms with Crippen LogP contribution in [-0.2, 0) is 0 Å². The van der Waals surface area contributed by atoms with Gasteiger partial charge < -0.3 is 13.4 Å². The van der Waals surface area contributed by atoms with Crippen LogP contribution < -0.4 is 0 Å². The summed E-state index contributed by atoms with van der Waals surface area (Å²) in [4.78, 5) is 10.7. The predicted molar refractivity (Wildman–Crippen MR) is 266 cm³/mol. The van der Waals surface area contributed by atoms with Crippen LogP contribution in [0.2, 0.25) is 0 Å². The molecule has 0 fully saturated rings. The Morgan fingerprint density at radius 3 is 1.73 bits per heavy atom. The Balaban J connectivity index is 1.12. The van der Waals surface area contributed by atoms with Crippen molar-refractivity contribution in [3.8, 4) is 50.6 Å². The van der Waals surface area contributed by atoms with E-state index in [0.717, 1.165) is 126 Å². The smallest absolute Gasteiger partial charge is 0.160 e. The summed E-state index contributed by atoms with van der Waals surface area (Å²) in [6, 6.07) is 70.8. The van der Waals surface area contributed by atoms with Gasteiger partial charge in [0.05, 0.1) is 43.4 Å². The number of nitrogens with zero attached hydrogens (tertiary/aromatic N) is 3. The third kappa shape index (κ3) is 5.11. The molecule has 14 rings (SSSR count). The first kappa shape index (κ1) is 35.3. The van der Waals surface area contributed by atoms with Gasteiger partial charge in [0, 0.05) is 53.9 Å². The van der Waals surface area contributed by atoms with Gasteiger partial charge in [0.25, 0.3) is 0 Å². The number of fused-ring (bicyclic) bond motifs is 14. The minimum Gasteiger partial charge on any atom is -0.456 e. The van der Waals surface area contributed by atoms with Crippen LogP contribution in [-0.4, -0.2) is 14.5 Å². The summed E-state index contributed by atoms with van der Waals surface area (Å²) in [5, 5.41) is 7.52. The first-order chi connectivity index (χ1) is 31.7. The molecule has 64 heavy (non-hydrogen) atoms. The van der Waals surface area contributed by atoms with Crippen LogP contribution in [0.25, 0.3) is 137 Å². The van der Waals surface area contributed by atoms with Crippen molar-refractivity contribution in [1.82, 2.24) is 14.5 Å². The maximum absolute atomic E-state index is 7.14. The van der Waals surface area contributed by atoms with E-state index >= 15 is 0 Å². The van der Waals surface area contributed by atoms with Crippen LogP contribution in [0, 0.1) is 0 Å². The van der Waals surface area contributed by atoms with Gasteiger partial charge in [-0.3, -0.25) is 0 Å². The quantitative estimate of drug-likeness (QED) is 0.173. The lowest BCUT2D eigenvalue weighted by atomic mass is 9.91. The number of para-hydroxylation sites is 2. The average molecular weight is 836 g/mol. The topological polar surface area (TPSA) is 57.0 Å². The molecule has 0 aliphatic rings. The zero-order valence-electron chi connectivity index (χ0n) is 34.1. The third-order valence-electron chi connectivity index (χ3n) is 12.8. The van der Waals surface area contributed by atoms with E-state index in [1.807, 2.05) is 18.2 Å². The SMILES string of the molecule is c1ccc(-c2nc(-c3cc(-c4ccccc4)c(-n4c5ccccc5c5c6oc7c(ccc8oc9ccccc9c87)c6ccc54)c(-c4ccccc4)c3)c3sc4ccccc4c3n2)cc1. The Kier molecular flexibility index (Phi) is 7.49. The highest BCUT2D eigenvalue weighted by Gasteiger charge is 2.26. The highest BCUT2D eigenvalue weighted by Crippen LogP contribution is 2.49. The number of furan rings is 2. The van der Waals surface area contributed by atoms with Gasteiger partial charge in [0.2, 0.25) is 0 Å². The van der Waals surface area contributed by atoms with E-state index in [9.17, 15) is 0 Å². The zero-order chi connectivity index (χ0) is 41.9. The molecular formula is C58H33N3O2S. The molecule has 5 heterocycles. The lowest BCUT2D eigenvalue weighted by Gasteiger charge is -2.21. The fourth-order valence-corrected chi connectivity index (χ4v) is 11.1. The second-order valence-corrected chi connectivity index (χ2v) is 17.4. The molecule has 0 radical (unpaired) electrons. The van der Waals surface area contributed by atoms with Crippen LogP contribution in [0.4, 0.5) is 0 Å². The summed E-state index contributed by atoms with van der Waals surface area (Å²) >= 11 is 1.75. The molecule has 5 nitrogen and oxygen atoms in total. The van der Waals surface area contributed by atoms with Gasteiger partial charge in [-0.25, -0.2) is 9.97 Å². The van der Waals surface area contributed by atoms with Crippen molar-refractivity contribution in [1.29, 1.82) is 0 Å². The molecule has 0 amide bonds. The normalized spacial score (nSPS) is 12.1. The molecular weight excluding hydrogens is 803 g/mol. The molecule has 5 aromatic heterocycles. The molecule has 9 aromatic carbocycles. The Hall–Kier alpha value is -8.32. The molecule has 0 N–H and O–H groups in total. The van der Waals surface area contributed by atoms with Crippen molar-refractivity contribution in [3.05, 3.63) is 200 Å². The van der Waals surface area contributed by atoms with Gasteiger partial charge in [0.15, 0.2) is 5.82 Å². The predicted octanol–water partition coefficient (Wildman–Crippen LogP) is 16.4. The molecule has 14 aromatic rings. The molecule has 0 atom stereocenters. The maximum Gasteiger partial charge on any atom is 0.160 e. The van der Waals surface area contributed by atoms with Crippen LogP contribution >= 0.6 is 11.3 Å². The highest BCUT2D eigenvalue weighted by atomic mass is 32.1. The lowest BCUT2D eigenvalue weighted by molar-refractivity contribution is 0.664. The van der Waals surface area contributed by atoms with Gasteiger partial charge in [-0.15, -0.1) is 11.3 Å². The Bertz CT molecular complexity index is 4120. The molecule has 0 spiro atoms. The van der Waals surface area contributed by atoms with E-state index in [2.05, 4.69) is 187 Å². The Morgan fingerprint density at radius 1 is 0.406 bits per heavy atom. The highest BCUT2D eigenvalue weighted by molar-refractivity contribution is 7.26. The summed E-state index contributed by atoms with van der Waals surface area (Å²) in [7, 11) is 0. The number of benzene rings is 9. The molecule has 6 heteroatoms. The first-order valence-electron chi connectivity index (χ1n) is 21.5. The van der Waals surface area contributed by atoms with Crippen LogP contribution in [0.3, 0.4) is 0 Å². The summed E-state index contributed by atoms with van der Waals surface area (Å²) in [6.07, 6.45) is 0. The van der Waals surface area contributed by atoms with Gasteiger partial charge in [-0.05, 0) is 65.7 Å². The van der Waals surface area contributed by atoms with Gasteiger partial charge in [-0.2, -0.15) is 0 Å². The summed E-state index contributed by atoms with van der Waals surface area (Å²) < 4.78 is 18.2. The molecule has 0 saturated carbocycles. The number of rotatable bonds is 5. The third-order valence-corrected chi connectivity index (χ3v) is 14.0. The van der Waals surface area contributed by atoms with Crippen molar-refractivity contribution in [2.24, 2.45) is 0 Å². The van der Waals surface area contributed by atoms with Crippen molar-refractivity contribution in [2.45, 2.75) is 0 Å². The largest absolute Gasteiger partial charge is 0.456 e. The van der Waals surface area contributed by atoms with Crippen molar-refractivity contribution in [3.63, 3.8) is 0 Å². The van der Waals surface area contributed by atoms with Gasteiger partial charge in [0.1, 0.15) is 22.3 Å². The fourth-order valence-electron chi connectivity index (χ4n) is 9.98. The zero-order valence-corrected chi connectivity index (χ0v) is 34.9. The van der Waals surface area contributed by atoms with Gasteiger partial charge in [-0.1, -0.05) is 146 Å². The number of hydrogen-bond donors (Lipinski definition) is 0. The minimum atomic E-state index is 0.705. The van der Waals surface area contributed by atoms with E-state index in [0.29, 0.717) is 5.82 Å². The van der Waals surface area contributed by atoms with E-state index in [-0.39, 0.29) is 0 Å². The Labute approximate surface area is 369 Å². The van der Waals surface area contributed by atoms with Crippen LogP contribution in [0.5, 0.6) is 0 Å². The first-order valence-corrected chi connectivity index (χ1v) is 22.3. The molecule has 298 valence electrons. The summed E-state index contributed by atoms with van der Waals surface area (Å²) in [6.45, 7) is 0. The molecule has 0 bridgehead atoms. The lowest BCUT2D eigenvalue weighted by Crippen LogP contribution is -2.02. The van der Waals surface area contributed by atoms with Crippen LogP contribution in [0.15, 0.2) is 209 Å². The van der Waals surface area contributed by atoms with Crippen molar-refractivity contribution in [2.75, 3.05) is 0 Å². The number of hydrogen-bond acceptors (Lipinski definition) is 5. The van der Waals surface area contributed by atoms with Crippen molar-refractivity contribution < 1.29 is 8.83 Å². The molecule has 0 aliphatic heterocycles. The van der Waals surface area contributed by atoms with E-state index in [4.69, 9.17) is 18.8 Å². The van der Waals surface area contributed by atoms with E-state index in [1.165, 1.54) is 4.70 Å². The van der Waals surface area contributed by atoms with E-state index in [1.54, 1.807) is 11.3 Å². The average Bonchev–Trinajstić information content (AvgIpc) is 4.13. The molecule has 0 unspecified atom stereocenters. The molecule has 0 saturated heterocycles. The fraction of sp³-hybridized carbons (Fsp3) is 0. The second-order valence-electron chi connectivity index (χ2n) is 16.4. The monoisotopic (exact) mass is 835 g/mol. The second kappa shape index (κ2) is 13.6. The maximum atomic E-state index is 7.14. The Morgan fingerprint density at radius 2 is 1.00 bits per heavy atom. The van der Waals surface area contributed by atoms with Crippen LogP contribution in [0.1, 0.15) is 0 Å². The number of thiophene rings is 1. The van der Waals surface area contributed by atoms with Crippen molar-refractivity contribution >= 4 is 97.3 Å². The molecule has 0 aliphatic carbocycles. The summed E-state index contributed by atoms with van der Waals surface area (Å²) in [5.41, 5.74) is 14.9. The summed E-state index contributed by atoms with van der Waals surface area (Å²) in [5.74, 6) is 0.705. The minimum absolute atomic E-state index is 0.705. The number of aromatic nitrogens is 3. The standard InChI is InChI=1S/C58H33N3O2S/c1-4-16-34(17-5-1)43-32-37(52-57-53(42-24-12-15-27-49(42)64-57)60-58(59-52)36-20-8-3-9-21-36)33-44(35-18-6-2-7-19-35)54(43)61-45-25-13-10-22-40(45)50-46(61)30-28-38-39-29-31-48-51(56(39)63-55(38)50)41-23-11-14-26-47(41)62-48/h1-33H.